The molecule has 0 saturated heterocycles. The summed E-state index contributed by atoms with van der Waals surface area (Å²) in [5.41, 5.74) is 5.42. The zero-order chi connectivity index (χ0) is 20.7. The SMILES string of the molecule is CC(C)n1ncc2c(C(=O)N3CCCc4ccccc43)cc(-c3ccccc3)nc21. The number of benzene rings is 2. The molecular formula is C25H24N4O. The molecule has 0 bridgehead atoms. The number of aryl methyl sites for hydroxylation is 1. The van der Waals surface area contributed by atoms with Gasteiger partial charge in [-0.05, 0) is 44.4 Å². The van der Waals surface area contributed by atoms with Gasteiger partial charge in [-0.15, -0.1) is 0 Å². The Balaban J connectivity index is 1.70. The van der Waals surface area contributed by atoms with E-state index in [2.05, 4.69) is 25.0 Å². The summed E-state index contributed by atoms with van der Waals surface area (Å²) in [5.74, 6) is 0.00929. The number of carbonyl (C=O) groups excluding carboxylic acids is 1. The minimum Gasteiger partial charge on any atom is -0.308 e. The van der Waals surface area contributed by atoms with Crippen molar-refractivity contribution in [2.75, 3.05) is 11.4 Å². The van der Waals surface area contributed by atoms with Gasteiger partial charge in [0.15, 0.2) is 5.65 Å². The molecular weight excluding hydrogens is 372 g/mol. The van der Waals surface area contributed by atoms with Gasteiger partial charge < -0.3 is 4.90 Å². The van der Waals surface area contributed by atoms with E-state index in [1.54, 1.807) is 6.20 Å². The Morgan fingerprint density at radius 2 is 1.80 bits per heavy atom. The van der Waals surface area contributed by atoms with Crippen molar-refractivity contribution >= 4 is 22.6 Å². The highest BCUT2D eigenvalue weighted by molar-refractivity contribution is 6.14. The van der Waals surface area contributed by atoms with E-state index in [1.807, 2.05) is 64.2 Å². The van der Waals surface area contributed by atoms with Crippen LogP contribution in [-0.2, 0) is 6.42 Å². The van der Waals surface area contributed by atoms with Crippen LogP contribution >= 0.6 is 0 Å². The number of rotatable bonds is 3. The molecule has 5 rings (SSSR count). The number of carbonyl (C=O) groups is 1. The lowest BCUT2D eigenvalue weighted by atomic mass is 10.00. The van der Waals surface area contributed by atoms with Gasteiger partial charge in [-0.3, -0.25) is 4.79 Å². The van der Waals surface area contributed by atoms with Crippen molar-refractivity contribution in [1.82, 2.24) is 14.8 Å². The molecule has 2 aromatic carbocycles. The highest BCUT2D eigenvalue weighted by atomic mass is 16.2. The molecule has 2 aromatic heterocycles. The molecule has 1 amide bonds. The second-order valence-corrected chi connectivity index (χ2v) is 8.03. The van der Waals surface area contributed by atoms with Crippen molar-refractivity contribution in [2.24, 2.45) is 0 Å². The normalized spacial score (nSPS) is 13.6. The zero-order valence-electron chi connectivity index (χ0n) is 17.2. The van der Waals surface area contributed by atoms with Gasteiger partial charge >= 0.3 is 0 Å². The summed E-state index contributed by atoms with van der Waals surface area (Å²) in [6.07, 6.45) is 3.75. The second kappa shape index (κ2) is 7.41. The third kappa shape index (κ3) is 3.07. The van der Waals surface area contributed by atoms with Crippen LogP contribution in [0.25, 0.3) is 22.3 Å². The molecule has 1 aliphatic heterocycles. The molecule has 0 saturated carbocycles. The van der Waals surface area contributed by atoms with Crippen LogP contribution in [0.2, 0.25) is 0 Å². The Hall–Kier alpha value is -3.47. The molecule has 0 spiro atoms. The predicted molar refractivity (Wildman–Crippen MR) is 120 cm³/mol. The van der Waals surface area contributed by atoms with Crippen LogP contribution in [0.1, 0.15) is 42.2 Å². The summed E-state index contributed by atoms with van der Waals surface area (Å²) in [4.78, 5) is 20.6. The molecule has 4 aromatic rings. The summed E-state index contributed by atoms with van der Waals surface area (Å²) in [7, 11) is 0. The van der Waals surface area contributed by atoms with Gasteiger partial charge in [0.2, 0.25) is 0 Å². The second-order valence-electron chi connectivity index (χ2n) is 8.03. The van der Waals surface area contributed by atoms with Gasteiger partial charge in [-0.2, -0.15) is 5.10 Å². The molecule has 0 unspecified atom stereocenters. The van der Waals surface area contributed by atoms with Gasteiger partial charge in [0.05, 0.1) is 22.8 Å². The quantitative estimate of drug-likeness (QED) is 0.474. The highest BCUT2D eigenvalue weighted by Crippen LogP contribution is 2.32. The van der Waals surface area contributed by atoms with Crippen LogP contribution in [0.4, 0.5) is 5.69 Å². The molecule has 30 heavy (non-hydrogen) atoms. The Bertz CT molecular complexity index is 1230. The number of para-hydroxylation sites is 1. The first-order chi connectivity index (χ1) is 14.6. The maximum Gasteiger partial charge on any atom is 0.259 e. The smallest absolute Gasteiger partial charge is 0.259 e. The van der Waals surface area contributed by atoms with Crippen LogP contribution in [0.15, 0.2) is 66.9 Å². The van der Waals surface area contributed by atoms with Crippen LogP contribution in [0.5, 0.6) is 0 Å². The largest absolute Gasteiger partial charge is 0.308 e. The molecule has 0 N–H and O–H groups in total. The number of pyridine rings is 1. The summed E-state index contributed by atoms with van der Waals surface area (Å²) >= 11 is 0. The lowest BCUT2D eigenvalue weighted by Gasteiger charge is -2.29. The van der Waals surface area contributed by atoms with Crippen molar-refractivity contribution < 1.29 is 4.79 Å². The van der Waals surface area contributed by atoms with Crippen molar-refractivity contribution in [3.8, 4) is 11.3 Å². The van der Waals surface area contributed by atoms with Gasteiger partial charge in [0.1, 0.15) is 0 Å². The maximum absolute atomic E-state index is 13.8. The zero-order valence-corrected chi connectivity index (χ0v) is 17.2. The van der Waals surface area contributed by atoms with E-state index in [1.165, 1.54) is 5.56 Å². The minimum atomic E-state index is 0.00929. The first kappa shape index (κ1) is 18.6. The number of amides is 1. The Morgan fingerprint density at radius 3 is 2.60 bits per heavy atom. The van der Waals surface area contributed by atoms with E-state index in [0.29, 0.717) is 5.56 Å². The first-order valence-corrected chi connectivity index (χ1v) is 10.5. The Labute approximate surface area is 176 Å². The van der Waals surface area contributed by atoms with E-state index in [4.69, 9.17) is 4.98 Å². The van der Waals surface area contributed by atoms with E-state index in [-0.39, 0.29) is 11.9 Å². The summed E-state index contributed by atoms with van der Waals surface area (Å²) < 4.78 is 1.89. The number of anilines is 1. The van der Waals surface area contributed by atoms with Crippen molar-refractivity contribution in [2.45, 2.75) is 32.7 Å². The fourth-order valence-electron chi connectivity index (χ4n) is 4.22. The molecule has 0 aliphatic carbocycles. The summed E-state index contributed by atoms with van der Waals surface area (Å²) in [6.45, 7) is 4.87. The molecule has 0 radical (unpaired) electrons. The third-order valence-electron chi connectivity index (χ3n) is 5.71. The van der Waals surface area contributed by atoms with Gasteiger partial charge in [0.25, 0.3) is 5.91 Å². The van der Waals surface area contributed by atoms with Crippen molar-refractivity contribution in [1.29, 1.82) is 0 Å². The first-order valence-electron chi connectivity index (χ1n) is 10.5. The fourth-order valence-corrected chi connectivity index (χ4v) is 4.22. The lowest BCUT2D eigenvalue weighted by Crippen LogP contribution is -2.35. The molecule has 0 fully saturated rings. The number of hydrogen-bond acceptors (Lipinski definition) is 3. The fraction of sp³-hybridized carbons (Fsp3) is 0.240. The lowest BCUT2D eigenvalue weighted by molar-refractivity contribution is 0.0986. The Morgan fingerprint density at radius 1 is 1.03 bits per heavy atom. The topological polar surface area (TPSA) is 51.0 Å². The summed E-state index contributed by atoms with van der Waals surface area (Å²) in [5, 5.41) is 5.35. The molecule has 0 atom stereocenters. The maximum atomic E-state index is 13.8. The molecule has 150 valence electrons. The van der Waals surface area contributed by atoms with Crippen LogP contribution in [-0.4, -0.2) is 27.2 Å². The third-order valence-corrected chi connectivity index (χ3v) is 5.71. The van der Waals surface area contributed by atoms with E-state index in [9.17, 15) is 4.79 Å². The molecule has 1 aliphatic rings. The van der Waals surface area contributed by atoms with Crippen LogP contribution in [0.3, 0.4) is 0 Å². The number of fused-ring (bicyclic) bond motifs is 2. The average Bonchev–Trinajstić information content (AvgIpc) is 3.22. The van der Waals surface area contributed by atoms with Gasteiger partial charge in [-0.25, -0.2) is 9.67 Å². The van der Waals surface area contributed by atoms with Crippen LogP contribution < -0.4 is 4.90 Å². The monoisotopic (exact) mass is 396 g/mol. The Kier molecular flexibility index (Phi) is 4.58. The molecule has 5 heteroatoms. The number of hydrogen-bond donors (Lipinski definition) is 0. The summed E-state index contributed by atoms with van der Waals surface area (Å²) in [6, 6.07) is 20.3. The van der Waals surface area contributed by atoms with Crippen molar-refractivity contribution in [3.63, 3.8) is 0 Å². The average molecular weight is 396 g/mol. The van der Waals surface area contributed by atoms with Gasteiger partial charge in [-0.1, -0.05) is 48.5 Å². The van der Waals surface area contributed by atoms with E-state index in [0.717, 1.165) is 47.4 Å². The van der Waals surface area contributed by atoms with E-state index >= 15 is 0 Å². The van der Waals surface area contributed by atoms with E-state index < -0.39 is 0 Å². The predicted octanol–water partition coefficient (Wildman–Crippen LogP) is 5.27. The van der Waals surface area contributed by atoms with Crippen LogP contribution in [0, 0.1) is 0 Å². The standard InChI is InChI=1S/C25H24N4O/c1-17(2)29-24-21(16-26-29)20(15-22(27-24)18-9-4-3-5-10-18)25(30)28-14-8-12-19-11-6-7-13-23(19)28/h3-7,9-11,13,15-17H,8,12,14H2,1-2H3. The molecule has 5 nitrogen and oxygen atoms in total. The highest BCUT2D eigenvalue weighted by Gasteiger charge is 2.26. The van der Waals surface area contributed by atoms with Crippen molar-refractivity contribution in [3.05, 3.63) is 78.0 Å². The number of aromatic nitrogens is 3. The minimum absolute atomic E-state index is 0.00929. The number of nitrogens with zero attached hydrogens (tertiary/aromatic N) is 4. The van der Waals surface area contributed by atoms with Gasteiger partial charge in [0, 0.05) is 23.8 Å². The molecule has 3 heterocycles.